The molecular formula is C18H22N2OS. The van der Waals surface area contributed by atoms with Gasteiger partial charge in [0.2, 0.25) is 0 Å². The van der Waals surface area contributed by atoms with Gasteiger partial charge in [0.15, 0.2) is 5.78 Å². The third-order valence-corrected chi connectivity index (χ3v) is 3.87. The molecule has 1 aromatic heterocycles. The molecule has 2 rings (SSSR count). The van der Waals surface area contributed by atoms with Gasteiger partial charge < -0.3 is 0 Å². The van der Waals surface area contributed by atoms with E-state index < -0.39 is 0 Å². The number of thiocarbonyl (C=S) groups is 1. The molecule has 0 unspecified atom stereocenters. The van der Waals surface area contributed by atoms with Crippen molar-refractivity contribution in [3.63, 3.8) is 0 Å². The summed E-state index contributed by atoms with van der Waals surface area (Å²) in [6.45, 7) is 6.41. The largest absolute Gasteiger partial charge is 0.294 e. The minimum atomic E-state index is 0.0114. The van der Waals surface area contributed by atoms with E-state index in [0.29, 0.717) is 18.4 Å². The Morgan fingerprint density at radius 3 is 2.41 bits per heavy atom. The molecule has 1 heterocycles. The van der Waals surface area contributed by atoms with Gasteiger partial charge in [0.25, 0.3) is 0 Å². The summed E-state index contributed by atoms with van der Waals surface area (Å²) in [5.41, 5.74) is 2.82. The minimum absolute atomic E-state index is 0.0114. The SMILES string of the molecule is Cn1nc(C(C)(C)C)cc1CC(=S)CC(=O)c1ccccc1. The highest BCUT2D eigenvalue weighted by atomic mass is 32.1. The van der Waals surface area contributed by atoms with Crippen LogP contribution in [0.4, 0.5) is 0 Å². The van der Waals surface area contributed by atoms with Gasteiger partial charge in [-0.15, -0.1) is 0 Å². The van der Waals surface area contributed by atoms with Crippen LogP contribution < -0.4 is 0 Å². The fraction of sp³-hybridized carbons (Fsp3) is 0.389. The quantitative estimate of drug-likeness (QED) is 0.620. The highest BCUT2D eigenvalue weighted by Gasteiger charge is 2.19. The number of Topliss-reactive ketones (excluding diaryl/α,β-unsaturated/α-hetero) is 1. The minimum Gasteiger partial charge on any atom is -0.294 e. The Balaban J connectivity index is 2.04. The van der Waals surface area contributed by atoms with Crippen molar-refractivity contribution in [2.24, 2.45) is 7.05 Å². The Bertz CT molecular complexity index is 681. The molecular weight excluding hydrogens is 292 g/mol. The molecule has 0 saturated carbocycles. The van der Waals surface area contributed by atoms with Crippen molar-refractivity contribution in [3.05, 3.63) is 53.3 Å². The maximum Gasteiger partial charge on any atom is 0.167 e. The van der Waals surface area contributed by atoms with Crippen molar-refractivity contribution in [3.8, 4) is 0 Å². The summed E-state index contributed by atoms with van der Waals surface area (Å²) in [7, 11) is 1.92. The van der Waals surface area contributed by atoms with E-state index in [0.717, 1.165) is 16.3 Å². The lowest BCUT2D eigenvalue weighted by atomic mass is 9.92. The maximum absolute atomic E-state index is 12.2. The topological polar surface area (TPSA) is 34.9 Å². The van der Waals surface area contributed by atoms with Gasteiger partial charge in [-0.05, 0) is 6.07 Å². The molecule has 1 aromatic carbocycles. The molecule has 22 heavy (non-hydrogen) atoms. The molecule has 0 radical (unpaired) electrons. The third-order valence-electron chi connectivity index (χ3n) is 3.58. The van der Waals surface area contributed by atoms with Gasteiger partial charge in [0.1, 0.15) is 0 Å². The van der Waals surface area contributed by atoms with Crippen molar-refractivity contribution in [2.75, 3.05) is 0 Å². The van der Waals surface area contributed by atoms with Crippen molar-refractivity contribution in [1.29, 1.82) is 0 Å². The molecule has 116 valence electrons. The number of benzene rings is 1. The standard InChI is InChI=1S/C18H22N2OS/c1-18(2,3)17-11-14(20(4)19-17)10-15(22)12-16(21)13-8-6-5-7-9-13/h5-9,11H,10,12H2,1-4H3. The van der Waals surface area contributed by atoms with Crippen molar-refractivity contribution in [2.45, 2.75) is 39.0 Å². The van der Waals surface area contributed by atoms with E-state index in [-0.39, 0.29) is 11.2 Å². The van der Waals surface area contributed by atoms with E-state index in [2.05, 4.69) is 31.9 Å². The maximum atomic E-state index is 12.2. The molecule has 0 saturated heterocycles. The summed E-state index contributed by atoms with van der Waals surface area (Å²) in [6.07, 6.45) is 0.906. The summed E-state index contributed by atoms with van der Waals surface area (Å²) < 4.78 is 1.86. The Kier molecular flexibility index (Phi) is 4.91. The fourth-order valence-electron chi connectivity index (χ4n) is 2.21. The van der Waals surface area contributed by atoms with Gasteiger partial charge in [0.05, 0.1) is 5.69 Å². The van der Waals surface area contributed by atoms with Crippen LogP contribution in [-0.4, -0.2) is 20.4 Å². The van der Waals surface area contributed by atoms with Crippen LogP contribution in [0.25, 0.3) is 0 Å². The number of ketones is 1. The second-order valence-electron chi connectivity index (χ2n) is 6.58. The van der Waals surface area contributed by atoms with Gasteiger partial charge in [-0.2, -0.15) is 5.10 Å². The van der Waals surface area contributed by atoms with Gasteiger partial charge in [-0.25, -0.2) is 0 Å². The average Bonchev–Trinajstić information content (AvgIpc) is 2.81. The smallest absolute Gasteiger partial charge is 0.167 e. The molecule has 0 N–H and O–H groups in total. The predicted molar refractivity (Wildman–Crippen MR) is 93.6 cm³/mol. The summed E-state index contributed by atoms with van der Waals surface area (Å²) in [5.74, 6) is 0.0730. The Labute approximate surface area is 137 Å². The predicted octanol–water partition coefficient (Wildman–Crippen LogP) is 3.90. The molecule has 4 heteroatoms. The number of rotatable bonds is 5. The Morgan fingerprint density at radius 2 is 1.86 bits per heavy atom. The van der Waals surface area contributed by atoms with Crippen molar-refractivity contribution >= 4 is 22.9 Å². The highest BCUT2D eigenvalue weighted by molar-refractivity contribution is 7.80. The second kappa shape index (κ2) is 6.53. The van der Waals surface area contributed by atoms with Crippen LogP contribution in [0.5, 0.6) is 0 Å². The fourth-order valence-corrected chi connectivity index (χ4v) is 2.49. The summed E-state index contributed by atoms with van der Waals surface area (Å²) in [4.78, 5) is 12.9. The first-order valence-corrected chi connectivity index (χ1v) is 7.81. The molecule has 0 aliphatic rings. The summed E-state index contributed by atoms with van der Waals surface area (Å²) in [5, 5.41) is 4.54. The van der Waals surface area contributed by atoms with Crippen LogP contribution in [0.1, 0.15) is 48.9 Å². The summed E-state index contributed by atoms with van der Waals surface area (Å²) in [6, 6.07) is 11.4. The normalized spacial score (nSPS) is 11.5. The van der Waals surface area contributed by atoms with Crippen LogP contribution in [-0.2, 0) is 18.9 Å². The number of nitrogens with zero attached hydrogens (tertiary/aromatic N) is 2. The molecule has 3 nitrogen and oxygen atoms in total. The van der Waals surface area contributed by atoms with Gasteiger partial charge in [0, 0.05) is 41.4 Å². The van der Waals surface area contributed by atoms with E-state index in [1.54, 1.807) is 0 Å². The van der Waals surface area contributed by atoms with Crippen LogP contribution >= 0.6 is 12.2 Å². The molecule has 0 amide bonds. The molecule has 0 spiro atoms. The van der Waals surface area contributed by atoms with Crippen LogP contribution in [0, 0.1) is 0 Å². The van der Waals surface area contributed by atoms with Gasteiger partial charge >= 0.3 is 0 Å². The lowest BCUT2D eigenvalue weighted by Crippen LogP contribution is -2.12. The first-order valence-electron chi connectivity index (χ1n) is 7.40. The number of carbonyl (C=O) groups excluding carboxylic acids is 1. The Morgan fingerprint density at radius 1 is 1.23 bits per heavy atom. The zero-order valence-corrected chi connectivity index (χ0v) is 14.4. The number of hydrogen-bond donors (Lipinski definition) is 0. The van der Waals surface area contributed by atoms with E-state index in [4.69, 9.17) is 12.2 Å². The third kappa shape index (κ3) is 4.10. The zero-order valence-electron chi connectivity index (χ0n) is 13.6. The van der Waals surface area contributed by atoms with Crippen molar-refractivity contribution < 1.29 is 4.79 Å². The number of hydrogen-bond acceptors (Lipinski definition) is 3. The zero-order chi connectivity index (χ0) is 16.3. The molecule has 0 aliphatic carbocycles. The Hall–Kier alpha value is -1.81. The number of aromatic nitrogens is 2. The van der Waals surface area contributed by atoms with Crippen LogP contribution in [0.3, 0.4) is 0 Å². The number of aryl methyl sites for hydroxylation is 1. The monoisotopic (exact) mass is 314 g/mol. The molecule has 0 fully saturated rings. The van der Waals surface area contributed by atoms with Crippen LogP contribution in [0.15, 0.2) is 36.4 Å². The molecule has 0 atom stereocenters. The van der Waals surface area contributed by atoms with Crippen LogP contribution in [0.2, 0.25) is 0 Å². The van der Waals surface area contributed by atoms with Gasteiger partial charge in [-0.1, -0.05) is 63.3 Å². The van der Waals surface area contributed by atoms with E-state index >= 15 is 0 Å². The number of carbonyl (C=O) groups is 1. The lowest BCUT2D eigenvalue weighted by Gasteiger charge is -2.13. The average molecular weight is 314 g/mol. The molecule has 0 aliphatic heterocycles. The lowest BCUT2D eigenvalue weighted by molar-refractivity contribution is 0.100. The second-order valence-corrected chi connectivity index (χ2v) is 7.15. The molecule has 0 bridgehead atoms. The van der Waals surface area contributed by atoms with Gasteiger partial charge in [-0.3, -0.25) is 9.48 Å². The molecule has 2 aromatic rings. The van der Waals surface area contributed by atoms with E-state index in [9.17, 15) is 4.79 Å². The first-order chi connectivity index (χ1) is 10.3. The first kappa shape index (κ1) is 16.6. The van der Waals surface area contributed by atoms with E-state index in [1.165, 1.54) is 0 Å². The highest BCUT2D eigenvalue weighted by Crippen LogP contribution is 2.22. The van der Waals surface area contributed by atoms with E-state index in [1.807, 2.05) is 42.1 Å². The summed E-state index contributed by atoms with van der Waals surface area (Å²) >= 11 is 5.41. The van der Waals surface area contributed by atoms with Crippen molar-refractivity contribution in [1.82, 2.24) is 9.78 Å².